The lowest BCUT2D eigenvalue weighted by atomic mass is 10.1. The van der Waals surface area contributed by atoms with Crippen LogP contribution in [0, 0.1) is 6.92 Å². The van der Waals surface area contributed by atoms with E-state index in [1.807, 2.05) is 56.0 Å². The Bertz CT molecular complexity index is 1270. The summed E-state index contributed by atoms with van der Waals surface area (Å²) in [6.07, 6.45) is 7.38. The lowest BCUT2D eigenvalue weighted by Gasteiger charge is -2.27. The normalized spacial score (nSPS) is 14.6. The van der Waals surface area contributed by atoms with Crippen molar-refractivity contribution in [2.45, 2.75) is 13.5 Å². The standard InChI is InChI=1S/C24H24N6OS/c1-17-12-20(5-6-25-17)22-13-19-4-7-26-24(21(19)16-27-22)29-15-18-2-3-23(28-14-18)30-8-10-32(31)11-9-30/h2-7,12-14,16H,8-11,15H2,1H3,(H,26,29). The molecule has 0 aliphatic carbocycles. The molecule has 1 N–H and O–H groups in total. The second-order valence-corrected chi connectivity index (χ2v) is 9.55. The minimum Gasteiger partial charge on any atom is -0.365 e. The van der Waals surface area contributed by atoms with Crippen LogP contribution in [-0.2, 0) is 17.3 Å². The number of hydrogen-bond donors (Lipinski definition) is 1. The molecule has 0 spiro atoms. The number of fused-ring (bicyclic) bond motifs is 1. The van der Waals surface area contributed by atoms with Gasteiger partial charge in [-0.1, -0.05) is 6.07 Å². The molecule has 0 aromatic carbocycles. The van der Waals surface area contributed by atoms with Gasteiger partial charge in [-0.15, -0.1) is 0 Å². The Kier molecular flexibility index (Phi) is 5.77. The van der Waals surface area contributed by atoms with E-state index in [-0.39, 0.29) is 0 Å². The van der Waals surface area contributed by atoms with Crippen LogP contribution in [0.15, 0.2) is 61.2 Å². The van der Waals surface area contributed by atoms with Gasteiger partial charge in [0, 0.05) is 83.4 Å². The summed E-state index contributed by atoms with van der Waals surface area (Å²) in [5.41, 5.74) is 4.01. The average Bonchev–Trinajstić information content (AvgIpc) is 2.83. The topological polar surface area (TPSA) is 83.9 Å². The third kappa shape index (κ3) is 4.45. The molecule has 1 aliphatic rings. The van der Waals surface area contributed by atoms with Gasteiger partial charge in [-0.2, -0.15) is 0 Å². The zero-order valence-corrected chi connectivity index (χ0v) is 18.7. The molecule has 5 heterocycles. The number of aryl methyl sites for hydroxylation is 1. The number of nitrogens with one attached hydrogen (secondary N) is 1. The van der Waals surface area contributed by atoms with E-state index in [4.69, 9.17) is 0 Å². The van der Waals surface area contributed by atoms with E-state index >= 15 is 0 Å². The van der Waals surface area contributed by atoms with Crippen LogP contribution >= 0.6 is 0 Å². The Morgan fingerprint density at radius 2 is 1.81 bits per heavy atom. The van der Waals surface area contributed by atoms with Crippen LogP contribution in [0.2, 0.25) is 0 Å². The Balaban J connectivity index is 1.30. The van der Waals surface area contributed by atoms with Gasteiger partial charge in [-0.3, -0.25) is 14.2 Å². The summed E-state index contributed by atoms with van der Waals surface area (Å²) in [6.45, 7) is 4.19. The molecule has 1 saturated heterocycles. The van der Waals surface area contributed by atoms with Gasteiger partial charge in [0.15, 0.2) is 0 Å². The molecule has 4 aromatic rings. The van der Waals surface area contributed by atoms with Crippen LogP contribution in [0.5, 0.6) is 0 Å². The third-order valence-corrected chi connectivity index (χ3v) is 6.89. The fourth-order valence-electron chi connectivity index (χ4n) is 3.83. The van der Waals surface area contributed by atoms with Crippen LogP contribution in [0.1, 0.15) is 11.3 Å². The second-order valence-electron chi connectivity index (χ2n) is 7.85. The molecule has 0 amide bonds. The molecule has 1 fully saturated rings. The van der Waals surface area contributed by atoms with Crippen molar-refractivity contribution in [3.8, 4) is 11.3 Å². The highest BCUT2D eigenvalue weighted by molar-refractivity contribution is 7.85. The third-order valence-electron chi connectivity index (χ3n) is 5.61. The van der Waals surface area contributed by atoms with E-state index in [0.717, 1.165) is 58.0 Å². The van der Waals surface area contributed by atoms with E-state index < -0.39 is 10.8 Å². The lowest BCUT2D eigenvalue weighted by Crippen LogP contribution is -2.38. The van der Waals surface area contributed by atoms with E-state index in [1.165, 1.54) is 0 Å². The summed E-state index contributed by atoms with van der Waals surface area (Å²) < 4.78 is 11.6. The number of hydrogen-bond acceptors (Lipinski definition) is 7. The highest BCUT2D eigenvalue weighted by Gasteiger charge is 2.16. The predicted molar refractivity (Wildman–Crippen MR) is 129 cm³/mol. The molecular weight excluding hydrogens is 420 g/mol. The van der Waals surface area contributed by atoms with Crippen LogP contribution in [0.3, 0.4) is 0 Å². The Labute approximate surface area is 189 Å². The number of rotatable bonds is 5. The highest BCUT2D eigenvalue weighted by Crippen LogP contribution is 2.26. The van der Waals surface area contributed by atoms with Gasteiger partial charge in [0.05, 0.1) is 5.69 Å². The molecule has 5 rings (SSSR count). The smallest absolute Gasteiger partial charge is 0.135 e. The van der Waals surface area contributed by atoms with Gasteiger partial charge in [0.1, 0.15) is 11.6 Å². The van der Waals surface area contributed by atoms with E-state index in [0.29, 0.717) is 18.1 Å². The van der Waals surface area contributed by atoms with E-state index in [2.05, 4.69) is 42.3 Å². The van der Waals surface area contributed by atoms with Gasteiger partial charge >= 0.3 is 0 Å². The molecule has 4 aromatic heterocycles. The molecule has 0 radical (unpaired) electrons. The molecule has 162 valence electrons. The van der Waals surface area contributed by atoms with Crippen molar-refractivity contribution in [1.82, 2.24) is 19.9 Å². The SMILES string of the molecule is Cc1cc(-c2cc3ccnc(NCc4ccc(N5CCS(=O)CC5)nc4)c3cn2)ccn1. The first-order valence-electron chi connectivity index (χ1n) is 10.6. The van der Waals surface area contributed by atoms with Gasteiger partial charge in [-0.25, -0.2) is 9.97 Å². The molecular formula is C24H24N6OS. The lowest BCUT2D eigenvalue weighted by molar-refractivity contribution is 0.672. The maximum atomic E-state index is 11.6. The van der Waals surface area contributed by atoms with Crippen molar-refractivity contribution in [2.24, 2.45) is 0 Å². The summed E-state index contributed by atoms with van der Waals surface area (Å²) >= 11 is 0. The van der Waals surface area contributed by atoms with Crippen LogP contribution < -0.4 is 10.2 Å². The first kappa shape index (κ1) is 20.5. The van der Waals surface area contributed by atoms with Crippen molar-refractivity contribution in [3.63, 3.8) is 0 Å². The molecule has 0 unspecified atom stereocenters. The van der Waals surface area contributed by atoms with Crippen molar-refractivity contribution in [1.29, 1.82) is 0 Å². The maximum Gasteiger partial charge on any atom is 0.135 e. The first-order valence-corrected chi connectivity index (χ1v) is 12.1. The molecule has 32 heavy (non-hydrogen) atoms. The molecule has 0 saturated carbocycles. The first-order chi connectivity index (χ1) is 15.7. The second kappa shape index (κ2) is 9.00. The zero-order valence-electron chi connectivity index (χ0n) is 17.9. The monoisotopic (exact) mass is 444 g/mol. The molecule has 8 heteroatoms. The quantitative estimate of drug-likeness (QED) is 0.504. The summed E-state index contributed by atoms with van der Waals surface area (Å²) in [5, 5.41) is 5.48. The van der Waals surface area contributed by atoms with Crippen molar-refractivity contribution in [3.05, 3.63) is 72.4 Å². The molecule has 0 bridgehead atoms. The maximum absolute atomic E-state index is 11.6. The fraction of sp³-hybridized carbons (Fsp3) is 0.250. The van der Waals surface area contributed by atoms with Gasteiger partial charge < -0.3 is 10.2 Å². The van der Waals surface area contributed by atoms with E-state index in [9.17, 15) is 4.21 Å². The van der Waals surface area contributed by atoms with Gasteiger partial charge in [-0.05, 0) is 48.2 Å². The molecule has 7 nitrogen and oxygen atoms in total. The predicted octanol–water partition coefficient (Wildman–Crippen LogP) is 3.58. The zero-order chi connectivity index (χ0) is 21.9. The van der Waals surface area contributed by atoms with Gasteiger partial charge in [0.2, 0.25) is 0 Å². The Morgan fingerprint density at radius 3 is 2.59 bits per heavy atom. The average molecular weight is 445 g/mol. The summed E-state index contributed by atoms with van der Waals surface area (Å²) in [6, 6.07) is 12.2. The number of pyridine rings is 4. The van der Waals surface area contributed by atoms with Crippen molar-refractivity contribution in [2.75, 3.05) is 34.8 Å². The fourth-order valence-corrected chi connectivity index (χ4v) is 4.89. The number of aromatic nitrogens is 4. The summed E-state index contributed by atoms with van der Waals surface area (Å²) in [5.74, 6) is 3.18. The van der Waals surface area contributed by atoms with Crippen LogP contribution in [0.25, 0.3) is 22.0 Å². The molecule has 0 atom stereocenters. The Morgan fingerprint density at radius 1 is 0.969 bits per heavy atom. The molecule has 1 aliphatic heterocycles. The largest absolute Gasteiger partial charge is 0.365 e. The van der Waals surface area contributed by atoms with Crippen LogP contribution in [-0.4, -0.2) is 48.7 Å². The van der Waals surface area contributed by atoms with Crippen LogP contribution in [0.4, 0.5) is 11.6 Å². The minimum atomic E-state index is -0.683. The summed E-state index contributed by atoms with van der Waals surface area (Å²) in [4.78, 5) is 20.2. The van der Waals surface area contributed by atoms with Crippen molar-refractivity contribution >= 4 is 33.2 Å². The Hall–Kier alpha value is -3.39. The minimum absolute atomic E-state index is 0.620. The van der Waals surface area contributed by atoms with Gasteiger partial charge in [0.25, 0.3) is 0 Å². The highest BCUT2D eigenvalue weighted by atomic mass is 32.2. The summed E-state index contributed by atoms with van der Waals surface area (Å²) in [7, 11) is -0.683. The van der Waals surface area contributed by atoms with E-state index in [1.54, 1.807) is 0 Å². The number of anilines is 2. The van der Waals surface area contributed by atoms with Crippen molar-refractivity contribution < 1.29 is 4.21 Å². The number of nitrogens with zero attached hydrogens (tertiary/aromatic N) is 5.